The predicted octanol–water partition coefficient (Wildman–Crippen LogP) is 2.19. The zero-order valence-electron chi connectivity index (χ0n) is 5.17. The second kappa shape index (κ2) is 3.27. The standard InChI is InChI=1S/C7H6FNS/c8-6-1-3-7(4-2-6)9-5-10/h1-5H,(H,9,10). The van der Waals surface area contributed by atoms with Crippen molar-refractivity contribution in [2.24, 2.45) is 0 Å². The molecule has 0 aliphatic carbocycles. The summed E-state index contributed by atoms with van der Waals surface area (Å²) in [6.45, 7) is 0. The molecule has 0 radical (unpaired) electrons. The van der Waals surface area contributed by atoms with Crippen molar-refractivity contribution in [1.82, 2.24) is 0 Å². The van der Waals surface area contributed by atoms with Gasteiger partial charge in [0.15, 0.2) is 0 Å². The molecule has 0 heterocycles. The molecule has 1 nitrogen and oxygen atoms in total. The fourth-order valence-corrected chi connectivity index (χ4v) is 0.750. The quantitative estimate of drug-likeness (QED) is 0.657. The Bertz CT molecular complexity index is 220. The number of rotatable bonds is 2. The maximum atomic E-state index is 12.3. The van der Waals surface area contributed by atoms with Crippen molar-refractivity contribution in [3.8, 4) is 0 Å². The molecule has 10 heavy (non-hydrogen) atoms. The first-order valence-electron chi connectivity index (χ1n) is 2.78. The van der Waals surface area contributed by atoms with Gasteiger partial charge in [-0.15, -0.1) is 0 Å². The molecular formula is C7H6FNS. The van der Waals surface area contributed by atoms with Crippen LogP contribution in [0.15, 0.2) is 24.3 Å². The average molecular weight is 155 g/mol. The Labute approximate surface area is 63.9 Å². The molecule has 0 aliphatic rings. The Kier molecular flexibility index (Phi) is 2.34. The van der Waals surface area contributed by atoms with Gasteiger partial charge in [-0.25, -0.2) is 4.39 Å². The molecule has 0 bridgehead atoms. The molecule has 3 heteroatoms. The van der Waals surface area contributed by atoms with Gasteiger partial charge in [0.2, 0.25) is 0 Å². The van der Waals surface area contributed by atoms with E-state index in [0.29, 0.717) is 0 Å². The minimum absolute atomic E-state index is 0.241. The Balaban J connectivity index is 2.78. The fourth-order valence-electron chi connectivity index (χ4n) is 0.614. The minimum atomic E-state index is -0.241. The maximum absolute atomic E-state index is 12.3. The van der Waals surface area contributed by atoms with E-state index in [1.54, 1.807) is 12.1 Å². The van der Waals surface area contributed by atoms with Crippen LogP contribution >= 0.6 is 12.2 Å². The van der Waals surface area contributed by atoms with Gasteiger partial charge < -0.3 is 5.32 Å². The monoisotopic (exact) mass is 155 g/mol. The molecule has 1 aromatic carbocycles. The smallest absolute Gasteiger partial charge is 0.123 e. The summed E-state index contributed by atoms with van der Waals surface area (Å²) in [7, 11) is 0. The molecular weight excluding hydrogens is 149 g/mol. The first kappa shape index (κ1) is 7.15. The molecule has 1 aromatic rings. The lowest BCUT2D eigenvalue weighted by molar-refractivity contribution is 0.628. The molecule has 0 fully saturated rings. The molecule has 0 saturated carbocycles. The molecule has 52 valence electrons. The maximum Gasteiger partial charge on any atom is 0.123 e. The predicted molar refractivity (Wildman–Crippen MR) is 43.7 cm³/mol. The highest BCUT2D eigenvalue weighted by Gasteiger charge is 1.88. The summed E-state index contributed by atoms with van der Waals surface area (Å²) in [6, 6.07) is 6.00. The third kappa shape index (κ3) is 1.77. The molecule has 0 saturated heterocycles. The highest BCUT2D eigenvalue weighted by molar-refractivity contribution is 7.79. The van der Waals surface area contributed by atoms with Crippen molar-refractivity contribution in [1.29, 1.82) is 0 Å². The highest BCUT2D eigenvalue weighted by Crippen LogP contribution is 2.06. The van der Waals surface area contributed by atoms with Gasteiger partial charge in [-0.05, 0) is 24.3 Å². The first-order chi connectivity index (χ1) is 4.83. The van der Waals surface area contributed by atoms with Crippen LogP contribution in [0.25, 0.3) is 0 Å². The van der Waals surface area contributed by atoms with Gasteiger partial charge in [0, 0.05) is 5.69 Å². The minimum Gasteiger partial charge on any atom is -0.353 e. The lowest BCUT2D eigenvalue weighted by Gasteiger charge is -1.96. The Morgan fingerprint density at radius 1 is 1.30 bits per heavy atom. The van der Waals surface area contributed by atoms with Crippen LogP contribution in [0, 0.1) is 5.82 Å². The van der Waals surface area contributed by atoms with Gasteiger partial charge >= 0.3 is 0 Å². The molecule has 0 aliphatic heterocycles. The van der Waals surface area contributed by atoms with E-state index in [1.807, 2.05) is 0 Å². The zero-order chi connectivity index (χ0) is 7.40. The molecule has 0 unspecified atom stereocenters. The average Bonchev–Trinajstić information content (AvgIpc) is 1.95. The normalized spacial score (nSPS) is 8.90. The van der Waals surface area contributed by atoms with E-state index in [1.165, 1.54) is 17.6 Å². The van der Waals surface area contributed by atoms with Crippen molar-refractivity contribution in [2.45, 2.75) is 0 Å². The highest BCUT2D eigenvalue weighted by atomic mass is 32.1. The topological polar surface area (TPSA) is 12.0 Å². The lowest BCUT2D eigenvalue weighted by Crippen LogP contribution is -1.90. The van der Waals surface area contributed by atoms with Gasteiger partial charge in [0.25, 0.3) is 0 Å². The summed E-state index contributed by atoms with van der Waals surface area (Å²) in [5.74, 6) is -0.241. The van der Waals surface area contributed by atoms with Gasteiger partial charge in [-0.2, -0.15) is 0 Å². The van der Waals surface area contributed by atoms with E-state index in [0.717, 1.165) is 5.69 Å². The largest absolute Gasteiger partial charge is 0.353 e. The second-order valence-electron chi connectivity index (χ2n) is 1.77. The van der Waals surface area contributed by atoms with Crippen molar-refractivity contribution in [3.05, 3.63) is 30.1 Å². The number of benzene rings is 1. The van der Waals surface area contributed by atoms with Gasteiger partial charge in [-0.1, -0.05) is 12.2 Å². The third-order valence-electron chi connectivity index (χ3n) is 1.07. The van der Waals surface area contributed by atoms with Crippen LogP contribution in [0.1, 0.15) is 0 Å². The molecule has 0 spiro atoms. The van der Waals surface area contributed by atoms with Crippen molar-refractivity contribution >= 4 is 23.4 Å². The summed E-state index contributed by atoms with van der Waals surface area (Å²) in [4.78, 5) is 0. The molecule has 0 aromatic heterocycles. The lowest BCUT2D eigenvalue weighted by atomic mass is 10.3. The van der Waals surface area contributed by atoms with Crippen molar-refractivity contribution < 1.29 is 4.39 Å². The Morgan fingerprint density at radius 2 is 1.90 bits per heavy atom. The van der Waals surface area contributed by atoms with Gasteiger partial charge in [0.05, 0.1) is 5.49 Å². The van der Waals surface area contributed by atoms with Crippen LogP contribution < -0.4 is 5.32 Å². The molecule has 0 amide bonds. The number of thiocarbonyl (C=S) groups is 1. The van der Waals surface area contributed by atoms with E-state index in [9.17, 15) is 4.39 Å². The van der Waals surface area contributed by atoms with Crippen LogP contribution in [0.3, 0.4) is 0 Å². The number of hydrogen-bond donors (Lipinski definition) is 1. The Hall–Kier alpha value is -0.960. The SMILES string of the molecule is Fc1ccc(NC=S)cc1. The van der Waals surface area contributed by atoms with E-state index < -0.39 is 0 Å². The van der Waals surface area contributed by atoms with Gasteiger partial charge in [-0.3, -0.25) is 0 Å². The molecule has 1 rings (SSSR count). The number of nitrogens with one attached hydrogen (secondary N) is 1. The summed E-state index contributed by atoms with van der Waals surface area (Å²) < 4.78 is 12.3. The first-order valence-corrected chi connectivity index (χ1v) is 3.26. The summed E-state index contributed by atoms with van der Waals surface area (Å²) in [5.41, 5.74) is 2.18. The van der Waals surface area contributed by atoms with Crippen LogP contribution in [0.5, 0.6) is 0 Å². The van der Waals surface area contributed by atoms with Crippen LogP contribution in [-0.2, 0) is 0 Å². The van der Waals surface area contributed by atoms with Crippen molar-refractivity contribution in [2.75, 3.05) is 5.32 Å². The summed E-state index contributed by atoms with van der Waals surface area (Å²) in [5, 5.41) is 2.76. The number of anilines is 1. The Morgan fingerprint density at radius 3 is 2.40 bits per heavy atom. The van der Waals surface area contributed by atoms with Crippen LogP contribution in [0.2, 0.25) is 0 Å². The fraction of sp³-hybridized carbons (Fsp3) is 0. The van der Waals surface area contributed by atoms with E-state index in [4.69, 9.17) is 0 Å². The molecule has 0 atom stereocenters. The van der Waals surface area contributed by atoms with E-state index >= 15 is 0 Å². The summed E-state index contributed by atoms with van der Waals surface area (Å²) in [6.07, 6.45) is 0. The number of hydrogen-bond acceptors (Lipinski definition) is 1. The number of halogens is 1. The zero-order valence-corrected chi connectivity index (χ0v) is 5.99. The van der Waals surface area contributed by atoms with E-state index in [2.05, 4.69) is 17.5 Å². The van der Waals surface area contributed by atoms with Crippen LogP contribution in [0.4, 0.5) is 10.1 Å². The third-order valence-corrected chi connectivity index (χ3v) is 1.19. The van der Waals surface area contributed by atoms with Gasteiger partial charge in [0.1, 0.15) is 5.82 Å². The van der Waals surface area contributed by atoms with Crippen molar-refractivity contribution in [3.63, 3.8) is 0 Å². The second-order valence-corrected chi connectivity index (χ2v) is 2.00. The summed E-state index contributed by atoms with van der Waals surface area (Å²) >= 11 is 4.54. The van der Waals surface area contributed by atoms with E-state index in [-0.39, 0.29) is 5.82 Å². The van der Waals surface area contributed by atoms with Crippen LogP contribution in [-0.4, -0.2) is 5.49 Å². The molecule has 1 N–H and O–H groups in total.